The molecule has 1 N–H and O–H groups in total. The Morgan fingerprint density at radius 1 is 0.955 bits per heavy atom. The van der Waals surface area contributed by atoms with Crippen molar-refractivity contribution >= 4 is 0 Å². The summed E-state index contributed by atoms with van der Waals surface area (Å²) in [5.41, 5.74) is 0.159. The maximum atomic E-state index is 5.72. The highest BCUT2D eigenvalue weighted by atomic mass is 16.5. The molecule has 0 aromatic rings. The summed E-state index contributed by atoms with van der Waals surface area (Å²) in [6.07, 6.45) is 18.2. The zero-order chi connectivity index (χ0) is 16.3. The minimum absolute atomic E-state index is 0.159. The molecule has 0 aromatic carbocycles. The second-order valence-corrected chi connectivity index (χ2v) is 7.02. The van der Waals surface area contributed by atoms with E-state index in [1.54, 1.807) is 0 Å². The summed E-state index contributed by atoms with van der Waals surface area (Å²) in [4.78, 5) is 0. The van der Waals surface area contributed by atoms with Crippen LogP contribution in [0.4, 0.5) is 0 Å². The second-order valence-electron chi connectivity index (χ2n) is 7.02. The first-order valence-corrected chi connectivity index (χ1v) is 9.46. The SMILES string of the molecule is C=C1NC=C(C(C)(CC)CCCCCCCCCCCC)O1. The number of allylic oxidation sites excluding steroid dienone is 1. The highest BCUT2D eigenvalue weighted by molar-refractivity contribution is 5.15. The number of hydrogen-bond donors (Lipinski definition) is 1. The maximum absolute atomic E-state index is 5.72. The Labute approximate surface area is 138 Å². The lowest BCUT2D eigenvalue weighted by Gasteiger charge is -2.28. The number of rotatable bonds is 13. The standard InChI is InChI=1S/C20H37NO/c1-5-7-8-9-10-11-12-13-14-15-16-20(4,6-2)19-17-21-18(3)22-19/h17,21H,3,5-16H2,1-2,4H3. The van der Waals surface area contributed by atoms with Gasteiger partial charge in [0, 0.05) is 11.6 Å². The van der Waals surface area contributed by atoms with E-state index in [0.717, 1.165) is 12.2 Å². The van der Waals surface area contributed by atoms with Gasteiger partial charge in [-0.2, -0.15) is 0 Å². The van der Waals surface area contributed by atoms with Crippen LogP contribution in [-0.2, 0) is 4.74 Å². The van der Waals surface area contributed by atoms with Crippen LogP contribution in [0.1, 0.15) is 97.8 Å². The molecule has 0 saturated carbocycles. The van der Waals surface area contributed by atoms with Crippen molar-refractivity contribution in [3.63, 3.8) is 0 Å². The van der Waals surface area contributed by atoms with Gasteiger partial charge in [0.05, 0.1) is 0 Å². The van der Waals surface area contributed by atoms with Crippen LogP contribution in [0, 0.1) is 5.41 Å². The molecule has 1 aliphatic heterocycles. The van der Waals surface area contributed by atoms with Gasteiger partial charge in [0.2, 0.25) is 0 Å². The molecule has 1 atom stereocenters. The van der Waals surface area contributed by atoms with Crippen molar-refractivity contribution in [1.29, 1.82) is 0 Å². The van der Waals surface area contributed by atoms with Crippen molar-refractivity contribution in [2.45, 2.75) is 97.8 Å². The number of unbranched alkanes of at least 4 members (excludes halogenated alkanes) is 9. The predicted molar refractivity (Wildman–Crippen MR) is 96.3 cm³/mol. The van der Waals surface area contributed by atoms with E-state index in [2.05, 4.69) is 32.7 Å². The molecule has 0 aromatic heterocycles. The lowest BCUT2D eigenvalue weighted by Crippen LogP contribution is -2.18. The fraction of sp³-hybridized carbons (Fsp3) is 0.800. The molecule has 0 radical (unpaired) electrons. The Morgan fingerprint density at radius 2 is 1.50 bits per heavy atom. The van der Waals surface area contributed by atoms with E-state index in [1.165, 1.54) is 70.6 Å². The van der Waals surface area contributed by atoms with Crippen molar-refractivity contribution in [2.75, 3.05) is 0 Å². The largest absolute Gasteiger partial charge is 0.444 e. The number of ether oxygens (including phenoxy) is 1. The summed E-state index contributed by atoms with van der Waals surface area (Å²) in [5, 5.41) is 3.07. The third-order valence-corrected chi connectivity index (χ3v) is 5.05. The van der Waals surface area contributed by atoms with E-state index < -0.39 is 0 Å². The molecule has 2 heteroatoms. The molecule has 22 heavy (non-hydrogen) atoms. The zero-order valence-corrected chi connectivity index (χ0v) is 15.2. The van der Waals surface area contributed by atoms with E-state index in [-0.39, 0.29) is 5.41 Å². The Kier molecular flexibility index (Phi) is 9.34. The van der Waals surface area contributed by atoms with Gasteiger partial charge < -0.3 is 10.1 Å². The Morgan fingerprint density at radius 3 is 1.95 bits per heavy atom. The van der Waals surface area contributed by atoms with Crippen molar-refractivity contribution in [2.24, 2.45) is 5.41 Å². The quantitative estimate of drug-likeness (QED) is 0.385. The van der Waals surface area contributed by atoms with Gasteiger partial charge >= 0.3 is 0 Å². The number of nitrogens with one attached hydrogen (secondary N) is 1. The average molecular weight is 308 g/mol. The molecule has 0 saturated heterocycles. The van der Waals surface area contributed by atoms with Gasteiger partial charge in [-0.25, -0.2) is 0 Å². The summed E-state index contributed by atoms with van der Waals surface area (Å²) in [6, 6.07) is 0. The molecule has 1 unspecified atom stereocenters. The molecule has 0 amide bonds. The van der Waals surface area contributed by atoms with Gasteiger partial charge in [-0.3, -0.25) is 0 Å². The van der Waals surface area contributed by atoms with Crippen LogP contribution < -0.4 is 5.32 Å². The highest BCUT2D eigenvalue weighted by Crippen LogP contribution is 2.39. The smallest absolute Gasteiger partial charge is 0.189 e. The molecule has 0 spiro atoms. The highest BCUT2D eigenvalue weighted by Gasteiger charge is 2.31. The van der Waals surface area contributed by atoms with Gasteiger partial charge in [-0.15, -0.1) is 0 Å². The fourth-order valence-corrected chi connectivity index (χ4v) is 3.11. The van der Waals surface area contributed by atoms with Crippen LogP contribution >= 0.6 is 0 Å². The van der Waals surface area contributed by atoms with Crippen molar-refractivity contribution in [3.8, 4) is 0 Å². The molecular weight excluding hydrogens is 270 g/mol. The normalized spacial score (nSPS) is 16.9. The Bertz CT molecular complexity index is 348. The lowest BCUT2D eigenvalue weighted by molar-refractivity contribution is 0.184. The summed E-state index contributed by atoms with van der Waals surface area (Å²) < 4.78 is 5.72. The lowest BCUT2D eigenvalue weighted by atomic mass is 9.80. The second kappa shape index (κ2) is 10.7. The molecule has 2 nitrogen and oxygen atoms in total. The van der Waals surface area contributed by atoms with E-state index in [9.17, 15) is 0 Å². The summed E-state index contributed by atoms with van der Waals surface area (Å²) in [6.45, 7) is 10.7. The number of hydrogen-bond acceptors (Lipinski definition) is 2. The van der Waals surface area contributed by atoms with Crippen LogP contribution in [0.15, 0.2) is 24.4 Å². The van der Waals surface area contributed by atoms with E-state index >= 15 is 0 Å². The first-order chi connectivity index (χ1) is 10.6. The van der Waals surface area contributed by atoms with Crippen LogP contribution in [0.2, 0.25) is 0 Å². The fourth-order valence-electron chi connectivity index (χ4n) is 3.11. The molecule has 1 aliphatic rings. The first kappa shape index (κ1) is 19.1. The Hall–Kier alpha value is -0.920. The van der Waals surface area contributed by atoms with Crippen LogP contribution in [0.3, 0.4) is 0 Å². The molecule has 1 heterocycles. The van der Waals surface area contributed by atoms with Crippen LogP contribution in [0.25, 0.3) is 0 Å². The van der Waals surface area contributed by atoms with Gasteiger partial charge in [-0.05, 0) is 19.4 Å². The third kappa shape index (κ3) is 6.89. The molecule has 128 valence electrons. The minimum Gasteiger partial charge on any atom is -0.444 e. The summed E-state index contributed by atoms with van der Waals surface area (Å²) in [5.74, 6) is 1.73. The maximum Gasteiger partial charge on any atom is 0.189 e. The molecule has 0 fully saturated rings. The first-order valence-electron chi connectivity index (χ1n) is 9.46. The molecule has 0 bridgehead atoms. The summed E-state index contributed by atoms with van der Waals surface area (Å²) in [7, 11) is 0. The van der Waals surface area contributed by atoms with Crippen LogP contribution in [-0.4, -0.2) is 0 Å². The van der Waals surface area contributed by atoms with Gasteiger partial charge in [0.25, 0.3) is 0 Å². The van der Waals surface area contributed by atoms with Gasteiger partial charge in [0.1, 0.15) is 5.76 Å². The molecule has 1 rings (SSSR count). The summed E-state index contributed by atoms with van der Waals surface area (Å²) >= 11 is 0. The Balaban J connectivity index is 2.06. The average Bonchev–Trinajstić information content (AvgIpc) is 2.96. The van der Waals surface area contributed by atoms with E-state index in [0.29, 0.717) is 5.88 Å². The van der Waals surface area contributed by atoms with Crippen molar-refractivity contribution < 1.29 is 4.74 Å². The minimum atomic E-state index is 0.159. The van der Waals surface area contributed by atoms with Gasteiger partial charge in [-0.1, -0.05) is 85.0 Å². The monoisotopic (exact) mass is 307 g/mol. The molecule has 0 aliphatic carbocycles. The predicted octanol–water partition coefficient (Wildman–Crippen LogP) is 6.65. The zero-order valence-electron chi connectivity index (χ0n) is 15.2. The van der Waals surface area contributed by atoms with E-state index in [4.69, 9.17) is 4.74 Å². The topological polar surface area (TPSA) is 21.3 Å². The van der Waals surface area contributed by atoms with Crippen LogP contribution in [0.5, 0.6) is 0 Å². The van der Waals surface area contributed by atoms with E-state index in [1.807, 2.05) is 6.20 Å². The third-order valence-electron chi connectivity index (χ3n) is 5.05. The van der Waals surface area contributed by atoms with Gasteiger partial charge in [0.15, 0.2) is 5.88 Å². The van der Waals surface area contributed by atoms with Crippen molar-refractivity contribution in [3.05, 3.63) is 24.4 Å². The van der Waals surface area contributed by atoms with Crippen molar-refractivity contribution in [1.82, 2.24) is 5.32 Å². The molecular formula is C20H37NO.